The Hall–Kier alpha value is -7.88. The van der Waals surface area contributed by atoms with E-state index in [1.54, 1.807) is 24.7 Å². The van der Waals surface area contributed by atoms with Gasteiger partial charge in [0.15, 0.2) is 5.52 Å². The van der Waals surface area contributed by atoms with Crippen LogP contribution in [0, 0.1) is 61.8 Å². The Labute approximate surface area is 348 Å². The molecule has 8 aromatic rings. The fourth-order valence-corrected chi connectivity index (χ4v) is 7.78. The molecule has 16 heteroatoms. The molecule has 10 rings (SSSR count). The lowest BCUT2D eigenvalue weighted by Gasteiger charge is -2.06. The predicted molar refractivity (Wildman–Crippen MR) is 227 cm³/mol. The van der Waals surface area contributed by atoms with Crippen molar-refractivity contribution in [2.24, 2.45) is 0 Å². The number of hydrogen-bond donors (Lipinski definition) is 0. The topological polar surface area (TPSA) is 208 Å². The summed E-state index contributed by atoms with van der Waals surface area (Å²) in [6.07, 6.45) is 14.0. The van der Waals surface area contributed by atoms with Gasteiger partial charge in [0.05, 0.1) is 44.3 Å². The number of fused-ring (bicyclic) bond motifs is 3. The number of pyridine rings is 3. The Bertz CT molecular complexity index is 2990. The van der Waals surface area contributed by atoms with Gasteiger partial charge in [-0.15, -0.1) is 0 Å². The summed E-state index contributed by atoms with van der Waals surface area (Å²) in [6, 6.07) is 15.8. The third kappa shape index (κ3) is 7.85. The van der Waals surface area contributed by atoms with Crippen LogP contribution in [0.4, 0.5) is 5.69 Å². The summed E-state index contributed by atoms with van der Waals surface area (Å²) >= 11 is 0. The van der Waals surface area contributed by atoms with Crippen molar-refractivity contribution in [1.29, 1.82) is 0 Å². The van der Waals surface area contributed by atoms with E-state index in [0.717, 1.165) is 85.2 Å². The lowest BCUT2D eigenvalue weighted by Crippen LogP contribution is -1.99. The zero-order valence-electron chi connectivity index (χ0n) is 34.2. The van der Waals surface area contributed by atoms with E-state index in [4.69, 9.17) is 13.6 Å². The van der Waals surface area contributed by atoms with Gasteiger partial charge in [-0.3, -0.25) is 25.2 Å². The Balaban J connectivity index is 0.000000131. The van der Waals surface area contributed by atoms with Crippen LogP contribution in [0.2, 0.25) is 0 Å². The van der Waals surface area contributed by atoms with Crippen LogP contribution in [0.1, 0.15) is 62.4 Å². The molecule has 0 saturated heterocycles. The van der Waals surface area contributed by atoms with Gasteiger partial charge in [0.25, 0.3) is 5.70 Å². The summed E-state index contributed by atoms with van der Waals surface area (Å²) in [5.74, 6) is 2.27. The number of aromatic nitrogens is 7. The number of nitrogens with zero attached hydrogens (tertiary/aromatic N) is 9. The largest absolute Gasteiger partial charge is 0.361 e. The number of aryl methyl sites for hydroxylation is 6. The lowest BCUT2D eigenvalue weighted by atomic mass is 10.0. The van der Waals surface area contributed by atoms with Gasteiger partial charge in [-0.2, -0.15) is 0 Å². The Morgan fingerprint density at radius 3 is 1.79 bits per heavy atom. The number of nitro groups is 2. The normalized spacial score (nSPS) is 12.3. The molecule has 0 N–H and O–H groups in total. The third-order valence-corrected chi connectivity index (χ3v) is 10.6. The second-order valence-corrected chi connectivity index (χ2v) is 14.7. The molecule has 0 amide bonds. The number of hydrogen-bond acceptors (Lipinski definition) is 13. The first-order chi connectivity index (χ1) is 29.4. The third-order valence-electron chi connectivity index (χ3n) is 10.6. The van der Waals surface area contributed by atoms with Crippen molar-refractivity contribution < 1.29 is 23.4 Å². The molecule has 0 atom stereocenters. The molecular formula is C45H39N9O7. The minimum atomic E-state index is -0.396. The highest BCUT2D eigenvalue weighted by molar-refractivity contribution is 5.89. The van der Waals surface area contributed by atoms with Gasteiger partial charge in [-0.05, 0) is 95.3 Å². The maximum Gasteiger partial charge on any atom is 0.312 e. The van der Waals surface area contributed by atoms with E-state index in [2.05, 4.69) is 48.6 Å². The van der Waals surface area contributed by atoms with Crippen molar-refractivity contribution in [2.45, 2.75) is 60.9 Å². The zero-order valence-corrected chi connectivity index (χ0v) is 34.2. The maximum atomic E-state index is 11.4. The highest BCUT2D eigenvalue weighted by atomic mass is 16.6. The molecule has 7 heterocycles. The van der Waals surface area contributed by atoms with E-state index in [-0.39, 0.29) is 11.4 Å². The van der Waals surface area contributed by atoms with E-state index in [0.29, 0.717) is 35.5 Å². The number of allylic oxidation sites excluding steroid dienone is 2. The van der Waals surface area contributed by atoms with Gasteiger partial charge in [0.1, 0.15) is 23.0 Å². The smallest absolute Gasteiger partial charge is 0.312 e. The van der Waals surface area contributed by atoms with Crippen LogP contribution in [0.5, 0.6) is 0 Å². The van der Waals surface area contributed by atoms with Crippen molar-refractivity contribution >= 4 is 28.5 Å². The molecule has 0 bridgehead atoms. The van der Waals surface area contributed by atoms with Crippen molar-refractivity contribution in [3.8, 4) is 33.4 Å². The maximum absolute atomic E-state index is 11.4. The molecule has 61 heavy (non-hydrogen) atoms. The van der Waals surface area contributed by atoms with Gasteiger partial charge >= 0.3 is 5.69 Å². The highest BCUT2D eigenvalue weighted by Gasteiger charge is 2.27. The summed E-state index contributed by atoms with van der Waals surface area (Å²) in [4.78, 5) is 34.5. The quantitative estimate of drug-likeness (QED) is 0.108. The molecule has 306 valence electrons. The van der Waals surface area contributed by atoms with Crippen molar-refractivity contribution in [3.05, 3.63) is 168 Å². The molecule has 16 nitrogen and oxygen atoms in total. The van der Waals surface area contributed by atoms with Gasteiger partial charge in [-0.1, -0.05) is 51.9 Å². The van der Waals surface area contributed by atoms with Gasteiger partial charge in [-0.25, -0.2) is 9.97 Å². The van der Waals surface area contributed by atoms with E-state index < -0.39 is 9.85 Å². The summed E-state index contributed by atoms with van der Waals surface area (Å²) < 4.78 is 17.4. The van der Waals surface area contributed by atoms with E-state index in [1.807, 2.05) is 94.8 Å². The predicted octanol–water partition coefficient (Wildman–Crippen LogP) is 9.71. The molecule has 0 radical (unpaired) electrons. The standard InChI is InChI=1S/C19H16N4O3.C13H11N3O3.C13H12N2O/c1-12-18(13(2)26-21-12)15-8-16-19(20-9-15)17(23(24)25)11-22(16)10-14-6-4-3-5-7-14;1-7-12(8(2)19-15-7)10-5-9-3-4-11(16(17)18)13(9)14-6-10;1-8-13(9(2)16-15-8)11-6-10-4-3-5-12(10)14-7-11/h3-9,11H,10H2,1-2H3;4-6H,3H2,1-2H3;3,5-7H,4H2,1-2H3. The first-order valence-corrected chi connectivity index (χ1v) is 19.3. The van der Waals surface area contributed by atoms with Crippen LogP contribution in [-0.4, -0.2) is 44.8 Å². The minimum absolute atomic E-state index is 0.00115. The Kier molecular flexibility index (Phi) is 10.7. The van der Waals surface area contributed by atoms with Crippen LogP contribution in [0.3, 0.4) is 0 Å². The van der Waals surface area contributed by atoms with Crippen molar-refractivity contribution in [1.82, 2.24) is 35.0 Å². The first kappa shape index (κ1) is 39.9. The Morgan fingerprint density at radius 2 is 1.23 bits per heavy atom. The second kappa shape index (κ2) is 16.4. The van der Waals surface area contributed by atoms with Gasteiger partial charge in [0.2, 0.25) is 0 Å². The van der Waals surface area contributed by atoms with E-state index in [9.17, 15) is 20.2 Å². The van der Waals surface area contributed by atoms with E-state index >= 15 is 0 Å². The van der Waals surface area contributed by atoms with Crippen molar-refractivity contribution in [3.63, 3.8) is 0 Å². The number of benzene rings is 1. The minimum Gasteiger partial charge on any atom is -0.361 e. The monoisotopic (exact) mass is 817 g/mol. The fraction of sp³-hybridized carbons (Fsp3) is 0.200. The Morgan fingerprint density at radius 1 is 0.672 bits per heavy atom. The summed E-state index contributed by atoms with van der Waals surface area (Å²) in [7, 11) is 0. The van der Waals surface area contributed by atoms with Crippen LogP contribution in [0.15, 0.2) is 99.0 Å². The average molecular weight is 818 g/mol. The molecule has 0 fully saturated rings. The van der Waals surface area contributed by atoms with Gasteiger partial charge < -0.3 is 18.1 Å². The molecule has 2 aliphatic rings. The molecule has 1 aromatic carbocycles. The number of rotatable bonds is 7. The molecule has 0 saturated carbocycles. The highest BCUT2D eigenvalue weighted by Crippen LogP contribution is 2.35. The average Bonchev–Trinajstić information content (AvgIpc) is 4.11. The van der Waals surface area contributed by atoms with Crippen LogP contribution >= 0.6 is 0 Å². The van der Waals surface area contributed by atoms with E-state index in [1.165, 1.54) is 5.56 Å². The zero-order chi connectivity index (χ0) is 42.9. The summed E-state index contributed by atoms with van der Waals surface area (Å²) in [6.45, 7) is 11.8. The summed E-state index contributed by atoms with van der Waals surface area (Å²) in [5, 5.41) is 34.1. The molecule has 0 spiro atoms. The molecule has 0 aliphatic heterocycles. The van der Waals surface area contributed by atoms with Crippen LogP contribution in [0.25, 0.3) is 56.2 Å². The van der Waals surface area contributed by atoms with Gasteiger partial charge in [0, 0.05) is 64.6 Å². The van der Waals surface area contributed by atoms with Crippen molar-refractivity contribution in [2.75, 3.05) is 0 Å². The van der Waals surface area contributed by atoms with Crippen LogP contribution < -0.4 is 0 Å². The summed E-state index contributed by atoms with van der Waals surface area (Å²) in [5.41, 5.74) is 14.0. The molecule has 0 unspecified atom stereocenters. The lowest BCUT2D eigenvalue weighted by molar-refractivity contribution is -0.383. The molecule has 7 aromatic heterocycles. The molecular weight excluding hydrogens is 779 g/mol. The first-order valence-electron chi connectivity index (χ1n) is 19.3. The molecule has 2 aliphatic carbocycles. The fourth-order valence-electron chi connectivity index (χ4n) is 7.78. The SMILES string of the molecule is Cc1noc(C)c1-c1cnc2c([N+](=O)[O-])cn(Cc3ccccc3)c2c1.Cc1noc(C)c1-c1cnc2c(c1)CC=C2.Cc1noc(C)c1-c1cnc2c(c1)CC=C2[N+](=O)[O-]. The van der Waals surface area contributed by atoms with Crippen LogP contribution in [-0.2, 0) is 19.4 Å². The second-order valence-electron chi connectivity index (χ2n) is 14.7.